The van der Waals surface area contributed by atoms with Crippen LogP contribution in [0, 0.1) is 16.4 Å². The van der Waals surface area contributed by atoms with E-state index in [1.54, 1.807) is 18.2 Å². The molecule has 0 bridgehead atoms. The SMILES string of the molecule is Cc1ccc(I)c(NS(=O)(=O)c2cccc(NC(=O)C3CC3)c2)c1. The Kier molecular flexibility index (Phi) is 4.82. The van der Waals surface area contributed by atoms with Crippen LogP contribution in [0.5, 0.6) is 0 Å². The predicted octanol–water partition coefficient (Wildman–Crippen LogP) is 3.75. The van der Waals surface area contributed by atoms with Gasteiger partial charge in [0.15, 0.2) is 0 Å². The monoisotopic (exact) mass is 456 g/mol. The van der Waals surface area contributed by atoms with E-state index < -0.39 is 10.0 Å². The zero-order chi connectivity index (χ0) is 17.3. The zero-order valence-corrected chi connectivity index (χ0v) is 16.0. The summed E-state index contributed by atoms with van der Waals surface area (Å²) < 4.78 is 28.7. The minimum Gasteiger partial charge on any atom is -0.326 e. The number of halogens is 1. The van der Waals surface area contributed by atoms with Gasteiger partial charge in [-0.15, -0.1) is 0 Å². The molecule has 1 aliphatic rings. The van der Waals surface area contributed by atoms with Crippen molar-refractivity contribution in [3.8, 4) is 0 Å². The lowest BCUT2D eigenvalue weighted by Gasteiger charge is -2.12. The van der Waals surface area contributed by atoms with Crippen LogP contribution in [0.3, 0.4) is 0 Å². The number of amides is 1. The highest BCUT2D eigenvalue weighted by atomic mass is 127. The second-order valence-electron chi connectivity index (χ2n) is 5.88. The van der Waals surface area contributed by atoms with Crippen molar-refractivity contribution in [2.75, 3.05) is 10.0 Å². The van der Waals surface area contributed by atoms with E-state index in [0.717, 1.165) is 22.0 Å². The van der Waals surface area contributed by atoms with Crippen molar-refractivity contribution in [1.29, 1.82) is 0 Å². The number of carbonyl (C=O) groups is 1. The highest BCUT2D eigenvalue weighted by molar-refractivity contribution is 14.1. The third kappa shape index (κ3) is 4.07. The first-order valence-electron chi connectivity index (χ1n) is 7.55. The van der Waals surface area contributed by atoms with Gasteiger partial charge in [-0.05, 0) is 78.3 Å². The standard InChI is InChI=1S/C17H17IN2O3S/c1-11-5-8-15(18)16(9-11)20-24(22,23)14-4-2-3-13(10-14)19-17(21)12-6-7-12/h2-5,8-10,12,20H,6-7H2,1H3,(H,19,21). The number of anilines is 2. The van der Waals surface area contributed by atoms with Gasteiger partial charge in [0.2, 0.25) is 5.91 Å². The molecular formula is C17H17IN2O3S. The lowest BCUT2D eigenvalue weighted by Crippen LogP contribution is -2.16. The van der Waals surface area contributed by atoms with E-state index in [0.29, 0.717) is 11.4 Å². The van der Waals surface area contributed by atoms with Gasteiger partial charge in [0.1, 0.15) is 0 Å². The van der Waals surface area contributed by atoms with Gasteiger partial charge in [-0.2, -0.15) is 0 Å². The maximum Gasteiger partial charge on any atom is 0.262 e. The van der Waals surface area contributed by atoms with Crippen LogP contribution in [-0.2, 0) is 14.8 Å². The maximum atomic E-state index is 12.6. The van der Waals surface area contributed by atoms with Crippen LogP contribution in [0.15, 0.2) is 47.4 Å². The quantitative estimate of drug-likeness (QED) is 0.674. The Balaban J connectivity index is 1.83. The number of aryl methyl sites for hydroxylation is 1. The zero-order valence-electron chi connectivity index (χ0n) is 13.0. The number of rotatable bonds is 5. The summed E-state index contributed by atoms with van der Waals surface area (Å²) in [5.74, 6) is 0.0167. The molecule has 5 nitrogen and oxygen atoms in total. The Morgan fingerprint density at radius 3 is 2.62 bits per heavy atom. The molecule has 2 aromatic rings. The molecule has 1 aliphatic carbocycles. The molecule has 0 radical (unpaired) electrons. The summed E-state index contributed by atoms with van der Waals surface area (Å²) in [5, 5.41) is 2.77. The average molecular weight is 456 g/mol. The van der Waals surface area contributed by atoms with E-state index in [1.165, 1.54) is 12.1 Å². The lowest BCUT2D eigenvalue weighted by molar-refractivity contribution is -0.117. The molecule has 0 saturated heterocycles. The van der Waals surface area contributed by atoms with Gasteiger partial charge in [-0.3, -0.25) is 9.52 Å². The molecule has 24 heavy (non-hydrogen) atoms. The minimum absolute atomic E-state index is 0.0502. The molecular weight excluding hydrogens is 439 g/mol. The average Bonchev–Trinajstić information content (AvgIpc) is 3.36. The molecule has 126 valence electrons. The molecule has 7 heteroatoms. The number of hydrogen-bond donors (Lipinski definition) is 2. The molecule has 0 unspecified atom stereocenters. The molecule has 0 aromatic heterocycles. The fourth-order valence-electron chi connectivity index (χ4n) is 2.25. The molecule has 1 amide bonds. The van der Waals surface area contributed by atoms with Crippen molar-refractivity contribution in [1.82, 2.24) is 0 Å². The van der Waals surface area contributed by atoms with Gasteiger partial charge in [0.05, 0.1) is 10.6 Å². The van der Waals surface area contributed by atoms with Gasteiger partial charge < -0.3 is 5.32 Å². The Morgan fingerprint density at radius 2 is 1.92 bits per heavy atom. The summed E-state index contributed by atoms with van der Waals surface area (Å²) in [4.78, 5) is 12.0. The van der Waals surface area contributed by atoms with E-state index in [4.69, 9.17) is 0 Å². The summed E-state index contributed by atoms with van der Waals surface area (Å²) in [6, 6.07) is 11.9. The minimum atomic E-state index is -3.72. The number of carbonyl (C=O) groups excluding carboxylic acids is 1. The summed E-state index contributed by atoms with van der Waals surface area (Å²) >= 11 is 2.09. The van der Waals surface area contributed by atoms with Gasteiger partial charge >= 0.3 is 0 Å². The van der Waals surface area contributed by atoms with Crippen molar-refractivity contribution in [2.45, 2.75) is 24.7 Å². The third-order valence-electron chi connectivity index (χ3n) is 3.73. The van der Waals surface area contributed by atoms with Gasteiger partial charge in [-0.25, -0.2) is 8.42 Å². The number of hydrogen-bond acceptors (Lipinski definition) is 3. The van der Waals surface area contributed by atoms with Crippen molar-refractivity contribution >= 4 is 49.9 Å². The molecule has 2 N–H and O–H groups in total. The third-order valence-corrected chi connectivity index (χ3v) is 6.03. The fourth-order valence-corrected chi connectivity index (χ4v) is 4.02. The van der Waals surface area contributed by atoms with Gasteiger partial charge in [-0.1, -0.05) is 12.1 Å². The molecule has 0 aliphatic heterocycles. The van der Waals surface area contributed by atoms with E-state index in [-0.39, 0.29) is 16.7 Å². The van der Waals surface area contributed by atoms with Crippen LogP contribution in [0.1, 0.15) is 18.4 Å². The van der Waals surface area contributed by atoms with E-state index in [1.807, 2.05) is 19.1 Å². The van der Waals surface area contributed by atoms with E-state index >= 15 is 0 Å². The Labute approximate surface area is 155 Å². The van der Waals surface area contributed by atoms with Crippen LogP contribution in [0.2, 0.25) is 0 Å². The highest BCUT2D eigenvalue weighted by Crippen LogP contribution is 2.30. The van der Waals surface area contributed by atoms with E-state index in [2.05, 4.69) is 32.6 Å². The Hall–Kier alpha value is -1.61. The molecule has 2 aromatic carbocycles. The molecule has 1 fully saturated rings. The summed E-state index contributed by atoms with van der Waals surface area (Å²) in [6.07, 6.45) is 1.80. The topological polar surface area (TPSA) is 75.3 Å². The predicted molar refractivity (Wildman–Crippen MR) is 103 cm³/mol. The molecule has 0 atom stereocenters. The van der Waals surface area contributed by atoms with Crippen LogP contribution in [-0.4, -0.2) is 14.3 Å². The number of nitrogens with one attached hydrogen (secondary N) is 2. The summed E-state index contributed by atoms with van der Waals surface area (Å²) in [5.41, 5.74) is 2.01. The fraction of sp³-hybridized carbons (Fsp3) is 0.235. The first-order valence-corrected chi connectivity index (χ1v) is 10.1. The van der Waals surface area contributed by atoms with Crippen LogP contribution in [0.25, 0.3) is 0 Å². The van der Waals surface area contributed by atoms with Crippen molar-refractivity contribution < 1.29 is 13.2 Å². The Morgan fingerprint density at radius 1 is 1.17 bits per heavy atom. The maximum absolute atomic E-state index is 12.6. The van der Waals surface area contributed by atoms with Crippen LogP contribution in [0.4, 0.5) is 11.4 Å². The first kappa shape index (κ1) is 17.2. The molecule has 0 heterocycles. The van der Waals surface area contributed by atoms with Crippen molar-refractivity contribution in [3.05, 3.63) is 51.6 Å². The number of sulfonamides is 1. The lowest BCUT2D eigenvalue weighted by atomic mass is 10.2. The smallest absolute Gasteiger partial charge is 0.262 e. The van der Waals surface area contributed by atoms with Gasteiger partial charge in [0, 0.05) is 15.2 Å². The van der Waals surface area contributed by atoms with Crippen molar-refractivity contribution in [2.24, 2.45) is 5.92 Å². The second-order valence-corrected chi connectivity index (χ2v) is 8.72. The second kappa shape index (κ2) is 6.72. The van der Waals surface area contributed by atoms with E-state index in [9.17, 15) is 13.2 Å². The van der Waals surface area contributed by atoms with Crippen LogP contribution < -0.4 is 10.0 Å². The highest BCUT2D eigenvalue weighted by Gasteiger charge is 2.29. The number of benzene rings is 2. The largest absolute Gasteiger partial charge is 0.326 e. The van der Waals surface area contributed by atoms with Gasteiger partial charge in [0.25, 0.3) is 10.0 Å². The molecule has 3 rings (SSSR count). The van der Waals surface area contributed by atoms with Crippen molar-refractivity contribution in [3.63, 3.8) is 0 Å². The molecule has 0 spiro atoms. The summed E-state index contributed by atoms with van der Waals surface area (Å²) in [7, 11) is -3.72. The first-order chi connectivity index (χ1) is 11.3. The Bertz CT molecular complexity index is 892. The normalized spacial score (nSPS) is 14.2. The summed E-state index contributed by atoms with van der Waals surface area (Å²) in [6.45, 7) is 1.90. The van der Waals surface area contributed by atoms with Crippen LogP contribution >= 0.6 is 22.6 Å². The molecule has 1 saturated carbocycles.